The van der Waals surface area contributed by atoms with E-state index < -0.39 is 29.0 Å². The fourth-order valence-electron chi connectivity index (χ4n) is 12.3. The number of aryl methyl sites for hydroxylation is 1. The van der Waals surface area contributed by atoms with E-state index >= 15 is 0 Å². The predicted octanol–water partition coefficient (Wildman–Crippen LogP) is 13.7. The Kier molecular flexibility index (Phi) is 20.2. The fraction of sp³-hybridized carbons (Fsp3) is 0.236. The Morgan fingerprint density at radius 2 is 0.844 bits per heavy atom. The van der Waals surface area contributed by atoms with Crippen molar-refractivity contribution >= 4 is 28.3 Å². The summed E-state index contributed by atoms with van der Waals surface area (Å²) in [7, 11) is 0. The molecule has 3 heterocycles. The van der Waals surface area contributed by atoms with Crippen molar-refractivity contribution in [3.8, 4) is 11.8 Å². The molecule has 0 aliphatic heterocycles. The molecule has 12 rings (SSSR count). The molecule has 0 bridgehead atoms. The maximum absolute atomic E-state index is 12.8. The molecule has 9 aromatic rings. The van der Waals surface area contributed by atoms with Crippen LogP contribution in [0.15, 0.2) is 205 Å². The minimum absolute atomic E-state index is 0.0420. The van der Waals surface area contributed by atoms with E-state index in [9.17, 15) is 41.9 Å². The molecule has 6 aromatic carbocycles. The second-order valence-corrected chi connectivity index (χ2v) is 23.1. The maximum atomic E-state index is 12.8. The molecule has 0 spiro atoms. The Hall–Kier alpha value is -10.1. The van der Waals surface area contributed by atoms with Gasteiger partial charge in [0.2, 0.25) is 0 Å². The lowest BCUT2D eigenvalue weighted by atomic mass is 9.82. The lowest BCUT2D eigenvalue weighted by molar-refractivity contribution is -0.274. The SMILES string of the molecule is Cc1ccccc1C1=CCC(c2[nH]c(=O)[nH]c(=O)c2Cc2ccccc2)CC1.N#Cc1ccc(Cl)c(C2=CCC(c3[nH]c(=O)[nH]c(=O)c3Cc3ccccc3)CC2)c1.O=c1[nH]c(C2CC=C(c3ccccc3OC(F)(F)F)CC2)c(Cc2ccccc2)c(=O)[nH]1. The van der Waals surface area contributed by atoms with Gasteiger partial charge in [-0.3, -0.25) is 29.3 Å². The highest BCUT2D eigenvalue weighted by atomic mass is 35.5. The van der Waals surface area contributed by atoms with E-state index in [1.807, 2.05) is 103 Å². The average Bonchev–Trinajstić information content (AvgIpc) is 1.46. The number of nitriles is 1. The number of alkyl halides is 3. The van der Waals surface area contributed by atoms with Crippen LogP contribution in [0.3, 0.4) is 0 Å². The number of benzene rings is 6. The van der Waals surface area contributed by atoms with E-state index in [2.05, 4.69) is 84.1 Å². The highest BCUT2D eigenvalue weighted by Gasteiger charge is 2.33. The first-order valence-corrected chi connectivity index (χ1v) is 30.2. The van der Waals surface area contributed by atoms with Crippen molar-refractivity contribution in [3.63, 3.8) is 0 Å². The summed E-state index contributed by atoms with van der Waals surface area (Å²) < 4.78 is 42.5. The van der Waals surface area contributed by atoms with Crippen molar-refractivity contribution in [2.45, 2.75) is 108 Å². The Labute approximate surface area is 520 Å². The molecule has 6 N–H and O–H groups in total. The van der Waals surface area contributed by atoms with Gasteiger partial charge in [0, 0.05) is 81.4 Å². The van der Waals surface area contributed by atoms with Gasteiger partial charge in [0.15, 0.2) is 0 Å². The largest absolute Gasteiger partial charge is 0.573 e. The topological polar surface area (TPSA) is 230 Å². The monoisotopic (exact) mass is 1230 g/mol. The van der Waals surface area contributed by atoms with Crippen LogP contribution >= 0.6 is 11.6 Å². The summed E-state index contributed by atoms with van der Waals surface area (Å²) in [6.45, 7) is 2.13. The van der Waals surface area contributed by atoms with E-state index in [0.717, 1.165) is 71.2 Å². The lowest BCUT2D eigenvalue weighted by Crippen LogP contribution is -2.30. The average molecular weight is 1230 g/mol. The molecule has 90 heavy (non-hydrogen) atoms. The van der Waals surface area contributed by atoms with Crippen LogP contribution in [0, 0.1) is 18.3 Å². The third kappa shape index (κ3) is 16.0. The smallest absolute Gasteiger partial charge is 0.405 e. The number of allylic oxidation sites excluding steroid dienone is 6. The van der Waals surface area contributed by atoms with Crippen LogP contribution in [0.1, 0.15) is 154 Å². The molecule has 0 amide bonds. The van der Waals surface area contributed by atoms with Crippen molar-refractivity contribution in [2.75, 3.05) is 0 Å². The van der Waals surface area contributed by atoms with E-state index in [-0.39, 0.29) is 34.6 Å². The molecule has 14 nitrogen and oxygen atoms in total. The highest BCUT2D eigenvalue weighted by Crippen LogP contribution is 2.42. The molecule has 3 unspecified atom stereocenters. The molecule has 3 aromatic heterocycles. The van der Waals surface area contributed by atoms with Gasteiger partial charge in [-0.25, -0.2) is 14.4 Å². The summed E-state index contributed by atoms with van der Waals surface area (Å²) in [5, 5.41) is 9.79. The Morgan fingerprint density at radius 1 is 0.478 bits per heavy atom. The summed E-state index contributed by atoms with van der Waals surface area (Å²) in [4.78, 5) is 89.3. The van der Waals surface area contributed by atoms with E-state index in [4.69, 9.17) is 16.9 Å². The van der Waals surface area contributed by atoms with Crippen LogP contribution in [-0.2, 0) is 19.3 Å². The van der Waals surface area contributed by atoms with Crippen molar-refractivity contribution in [3.05, 3.63) is 322 Å². The van der Waals surface area contributed by atoms with E-state index in [1.54, 1.807) is 24.3 Å². The number of nitrogens with one attached hydrogen (secondary N) is 6. The van der Waals surface area contributed by atoms with Gasteiger partial charge in [-0.2, -0.15) is 5.26 Å². The van der Waals surface area contributed by atoms with Crippen molar-refractivity contribution in [1.82, 2.24) is 29.9 Å². The standard InChI is InChI=1S/C24H20ClN3O2.C24H21F3N2O3.C24H24N2O2/c25-21-11-6-16(14-26)13-19(21)17-7-9-18(10-8-17)22-20(23(29)28-24(30)27-22)12-15-4-2-1-3-5-15;25-24(26,27)32-20-9-5-4-8-18(20)16-10-12-17(13-11-16)21-19(22(30)29-23(31)28-21)14-15-6-2-1-3-7-15;1-16-7-5-6-10-20(16)18-11-13-19(14-12-18)22-21(23(27)26-24(28)25-22)15-17-8-3-2-4-9-17/h1-7,11,13,18H,8-10,12H2,(H2,27,28,29,30);1-10,17H,11-14H2,(H2,28,29,30,31);2-11,19H,12-15H2,1H3,(H2,25,26,27,28). The number of H-pyrrole nitrogens is 6. The maximum Gasteiger partial charge on any atom is 0.573 e. The Morgan fingerprint density at radius 3 is 1.22 bits per heavy atom. The normalized spacial score (nSPS) is 16.4. The van der Waals surface area contributed by atoms with Crippen LogP contribution < -0.4 is 38.5 Å². The molecule has 0 fully saturated rings. The molecule has 0 saturated heterocycles. The molecule has 0 radical (unpaired) electrons. The molecular formula is C72H65ClF3N7O7. The molecule has 0 saturated carbocycles. The third-order valence-electron chi connectivity index (χ3n) is 16.7. The fourth-order valence-corrected chi connectivity index (χ4v) is 12.5. The Bertz CT molecular complexity index is 4560. The number of aromatic nitrogens is 6. The van der Waals surface area contributed by atoms with Crippen LogP contribution in [0.2, 0.25) is 5.02 Å². The van der Waals surface area contributed by atoms with Gasteiger partial charge in [0.25, 0.3) is 16.7 Å². The van der Waals surface area contributed by atoms with Gasteiger partial charge in [-0.1, -0.05) is 163 Å². The van der Waals surface area contributed by atoms with E-state index in [0.29, 0.717) is 89.2 Å². The number of rotatable bonds is 13. The zero-order chi connectivity index (χ0) is 63.3. The summed E-state index contributed by atoms with van der Waals surface area (Å²) in [5.74, 6) is -0.163. The first kappa shape index (κ1) is 63.0. The van der Waals surface area contributed by atoms with Gasteiger partial charge in [0.1, 0.15) is 5.75 Å². The first-order chi connectivity index (χ1) is 43.5. The molecule has 3 aliphatic rings. The van der Waals surface area contributed by atoms with Crippen LogP contribution in [-0.4, -0.2) is 36.3 Å². The van der Waals surface area contributed by atoms with Crippen molar-refractivity contribution < 1.29 is 17.9 Å². The van der Waals surface area contributed by atoms with Gasteiger partial charge in [-0.05, 0) is 139 Å². The van der Waals surface area contributed by atoms with Gasteiger partial charge < -0.3 is 19.7 Å². The number of para-hydroxylation sites is 1. The number of halogens is 4. The number of ether oxygens (including phenoxy) is 1. The van der Waals surface area contributed by atoms with Crippen LogP contribution in [0.4, 0.5) is 13.2 Å². The lowest BCUT2D eigenvalue weighted by Gasteiger charge is -2.25. The zero-order valence-electron chi connectivity index (χ0n) is 49.3. The molecule has 3 aliphatic carbocycles. The molecular weight excluding hydrogens is 1170 g/mol. The second kappa shape index (κ2) is 28.8. The predicted molar refractivity (Wildman–Crippen MR) is 345 cm³/mol. The number of aromatic amines is 6. The first-order valence-electron chi connectivity index (χ1n) is 29.8. The quantitative estimate of drug-likeness (QED) is 0.0649. The van der Waals surface area contributed by atoms with Gasteiger partial charge >= 0.3 is 23.4 Å². The van der Waals surface area contributed by atoms with Crippen molar-refractivity contribution in [1.29, 1.82) is 5.26 Å². The minimum Gasteiger partial charge on any atom is -0.405 e. The summed E-state index contributed by atoms with van der Waals surface area (Å²) >= 11 is 6.35. The second-order valence-electron chi connectivity index (χ2n) is 22.7. The zero-order valence-corrected chi connectivity index (χ0v) is 50.0. The van der Waals surface area contributed by atoms with Gasteiger partial charge in [-0.15, -0.1) is 13.2 Å². The van der Waals surface area contributed by atoms with Crippen LogP contribution in [0.5, 0.6) is 5.75 Å². The summed E-state index contributed by atoms with van der Waals surface area (Å²) in [6.07, 6.45) is 9.25. The number of hydrogen-bond acceptors (Lipinski definition) is 8. The summed E-state index contributed by atoms with van der Waals surface area (Å²) in [5.41, 5.74) is 12.0. The number of nitrogens with zero attached hydrogens (tertiary/aromatic N) is 1. The minimum atomic E-state index is -4.77. The molecule has 3 atom stereocenters. The highest BCUT2D eigenvalue weighted by molar-refractivity contribution is 6.32. The summed E-state index contributed by atoms with van der Waals surface area (Å²) in [6, 6.07) is 51.0. The Balaban J connectivity index is 0.000000149. The third-order valence-corrected chi connectivity index (χ3v) is 17.1. The van der Waals surface area contributed by atoms with Crippen LogP contribution in [0.25, 0.3) is 16.7 Å². The molecule has 458 valence electrons. The van der Waals surface area contributed by atoms with Crippen molar-refractivity contribution in [2.24, 2.45) is 0 Å². The molecule has 18 heteroatoms. The van der Waals surface area contributed by atoms with E-state index in [1.165, 1.54) is 28.8 Å². The number of hydrogen-bond donors (Lipinski definition) is 6. The van der Waals surface area contributed by atoms with Gasteiger partial charge in [0.05, 0.1) is 11.6 Å².